The van der Waals surface area contributed by atoms with Crippen molar-refractivity contribution in [1.29, 1.82) is 0 Å². The van der Waals surface area contributed by atoms with Gasteiger partial charge in [0.05, 0.1) is 0 Å². The Kier molecular flexibility index (Phi) is 4.26. The Bertz CT molecular complexity index is 484. The summed E-state index contributed by atoms with van der Waals surface area (Å²) < 4.78 is 0. The largest absolute Gasteiger partial charge is 0.368 e. The van der Waals surface area contributed by atoms with E-state index in [1.807, 2.05) is 0 Å². The third-order valence-electron chi connectivity index (χ3n) is 5.80. The van der Waals surface area contributed by atoms with Gasteiger partial charge in [0.15, 0.2) is 0 Å². The number of fused-ring (bicyclic) bond motifs is 1. The number of hydrogen-bond acceptors (Lipinski definition) is 2. The summed E-state index contributed by atoms with van der Waals surface area (Å²) in [5, 5.41) is 3.60. The van der Waals surface area contributed by atoms with Crippen molar-refractivity contribution in [3.05, 3.63) is 29.8 Å². The standard InChI is InChI=1S/C19H30N2/c1-13-9-14(2)17(18(10-13)20-4)12-21-15(3)11-16-7-5-6-8-19(16)21/h5-8,13-15,17-18,20H,9-12H2,1-4H3. The molecule has 21 heavy (non-hydrogen) atoms. The topological polar surface area (TPSA) is 15.3 Å². The molecule has 1 fully saturated rings. The molecule has 1 N–H and O–H groups in total. The second-order valence-corrected chi connectivity index (χ2v) is 7.45. The molecule has 5 atom stereocenters. The van der Waals surface area contributed by atoms with Gasteiger partial charge in [0.2, 0.25) is 0 Å². The van der Waals surface area contributed by atoms with Gasteiger partial charge in [-0.1, -0.05) is 32.0 Å². The Morgan fingerprint density at radius 2 is 1.90 bits per heavy atom. The SMILES string of the molecule is CNC1CC(C)CC(C)C1CN1c2ccccc2CC1C. The molecule has 1 aliphatic heterocycles. The van der Waals surface area contributed by atoms with Gasteiger partial charge >= 0.3 is 0 Å². The number of benzene rings is 1. The minimum atomic E-state index is 0.645. The second kappa shape index (κ2) is 6.00. The van der Waals surface area contributed by atoms with Crippen LogP contribution in [0, 0.1) is 17.8 Å². The van der Waals surface area contributed by atoms with Crippen LogP contribution in [0.25, 0.3) is 0 Å². The van der Waals surface area contributed by atoms with Crippen molar-refractivity contribution in [2.24, 2.45) is 17.8 Å². The summed E-state index contributed by atoms with van der Waals surface area (Å²) in [6, 6.07) is 10.3. The molecular formula is C19H30N2. The lowest BCUT2D eigenvalue weighted by Gasteiger charge is -2.42. The first-order valence-electron chi connectivity index (χ1n) is 8.62. The van der Waals surface area contributed by atoms with Crippen molar-refractivity contribution in [2.45, 2.75) is 52.1 Å². The molecule has 1 heterocycles. The maximum absolute atomic E-state index is 3.60. The highest BCUT2D eigenvalue weighted by molar-refractivity contribution is 5.59. The lowest BCUT2D eigenvalue weighted by atomic mass is 9.72. The number of anilines is 1. The fraction of sp³-hybridized carbons (Fsp3) is 0.684. The molecule has 1 aromatic carbocycles. The van der Waals surface area contributed by atoms with Crippen molar-refractivity contribution >= 4 is 5.69 Å². The minimum absolute atomic E-state index is 0.645. The maximum Gasteiger partial charge on any atom is 0.0402 e. The summed E-state index contributed by atoms with van der Waals surface area (Å²) in [7, 11) is 2.14. The molecule has 0 bridgehead atoms. The summed E-state index contributed by atoms with van der Waals surface area (Å²) in [4.78, 5) is 2.66. The molecule has 1 aromatic rings. The third kappa shape index (κ3) is 2.83. The molecule has 0 aromatic heterocycles. The van der Waals surface area contributed by atoms with E-state index in [4.69, 9.17) is 0 Å². The smallest absolute Gasteiger partial charge is 0.0402 e. The molecule has 5 unspecified atom stereocenters. The monoisotopic (exact) mass is 286 g/mol. The first-order chi connectivity index (χ1) is 10.1. The van der Waals surface area contributed by atoms with Crippen LogP contribution < -0.4 is 10.2 Å². The second-order valence-electron chi connectivity index (χ2n) is 7.45. The van der Waals surface area contributed by atoms with Crippen LogP contribution in [0.3, 0.4) is 0 Å². The van der Waals surface area contributed by atoms with Gasteiger partial charge in [0, 0.05) is 24.3 Å². The Morgan fingerprint density at radius 1 is 1.14 bits per heavy atom. The van der Waals surface area contributed by atoms with Gasteiger partial charge in [-0.15, -0.1) is 0 Å². The Balaban J connectivity index is 1.79. The minimum Gasteiger partial charge on any atom is -0.368 e. The van der Waals surface area contributed by atoms with E-state index in [0.29, 0.717) is 12.1 Å². The van der Waals surface area contributed by atoms with Crippen LogP contribution in [0.1, 0.15) is 39.2 Å². The third-order valence-corrected chi connectivity index (χ3v) is 5.80. The summed E-state index contributed by atoms with van der Waals surface area (Å²) in [6.07, 6.45) is 3.92. The van der Waals surface area contributed by atoms with Gasteiger partial charge in [0.25, 0.3) is 0 Å². The van der Waals surface area contributed by atoms with Crippen LogP contribution in [0.15, 0.2) is 24.3 Å². The molecule has 0 radical (unpaired) electrons. The highest BCUT2D eigenvalue weighted by Crippen LogP contribution is 2.38. The van der Waals surface area contributed by atoms with Crippen molar-refractivity contribution in [3.8, 4) is 0 Å². The van der Waals surface area contributed by atoms with E-state index in [9.17, 15) is 0 Å². The highest BCUT2D eigenvalue weighted by Gasteiger charge is 2.36. The highest BCUT2D eigenvalue weighted by atomic mass is 15.2. The van der Waals surface area contributed by atoms with E-state index in [-0.39, 0.29) is 0 Å². The van der Waals surface area contributed by atoms with Gasteiger partial charge in [-0.3, -0.25) is 0 Å². The first-order valence-corrected chi connectivity index (χ1v) is 8.62. The van der Waals surface area contributed by atoms with Gasteiger partial charge in [-0.25, -0.2) is 0 Å². The lowest BCUT2D eigenvalue weighted by Crippen LogP contribution is -2.49. The van der Waals surface area contributed by atoms with E-state index in [1.165, 1.54) is 37.1 Å². The van der Waals surface area contributed by atoms with E-state index in [0.717, 1.165) is 17.8 Å². The van der Waals surface area contributed by atoms with Crippen LogP contribution in [0.4, 0.5) is 5.69 Å². The molecule has 2 aliphatic rings. The number of nitrogens with zero attached hydrogens (tertiary/aromatic N) is 1. The summed E-state index contributed by atoms with van der Waals surface area (Å²) in [6.45, 7) is 8.45. The molecule has 2 nitrogen and oxygen atoms in total. The average Bonchev–Trinajstić information content (AvgIpc) is 2.77. The molecule has 1 aliphatic carbocycles. The Hall–Kier alpha value is -1.02. The van der Waals surface area contributed by atoms with Crippen LogP contribution in [-0.4, -0.2) is 25.7 Å². The molecule has 1 saturated carbocycles. The number of para-hydroxylation sites is 1. The predicted octanol–water partition coefficient (Wildman–Crippen LogP) is 3.71. The molecule has 0 amide bonds. The zero-order valence-electron chi connectivity index (χ0n) is 14.0. The van der Waals surface area contributed by atoms with E-state index in [2.05, 4.69) is 62.3 Å². The molecule has 3 rings (SSSR count). The zero-order chi connectivity index (χ0) is 15.0. The van der Waals surface area contributed by atoms with E-state index in [1.54, 1.807) is 0 Å². The van der Waals surface area contributed by atoms with Crippen molar-refractivity contribution in [3.63, 3.8) is 0 Å². The van der Waals surface area contributed by atoms with E-state index < -0.39 is 0 Å². The van der Waals surface area contributed by atoms with Crippen molar-refractivity contribution < 1.29 is 0 Å². The van der Waals surface area contributed by atoms with Crippen LogP contribution >= 0.6 is 0 Å². The van der Waals surface area contributed by atoms with Crippen LogP contribution in [-0.2, 0) is 6.42 Å². The summed E-state index contributed by atoms with van der Waals surface area (Å²) in [5.74, 6) is 2.43. The van der Waals surface area contributed by atoms with Crippen LogP contribution in [0.5, 0.6) is 0 Å². The first kappa shape index (κ1) is 14.9. The average molecular weight is 286 g/mol. The van der Waals surface area contributed by atoms with Gasteiger partial charge in [0.1, 0.15) is 0 Å². The van der Waals surface area contributed by atoms with Gasteiger partial charge in [-0.05, 0) is 62.6 Å². The molecule has 0 spiro atoms. The quantitative estimate of drug-likeness (QED) is 0.911. The number of rotatable bonds is 3. The Morgan fingerprint density at radius 3 is 2.67 bits per heavy atom. The summed E-state index contributed by atoms with van der Waals surface area (Å²) >= 11 is 0. The molecular weight excluding hydrogens is 256 g/mol. The maximum atomic E-state index is 3.60. The Labute approximate surface area is 129 Å². The molecule has 2 heteroatoms. The van der Waals surface area contributed by atoms with E-state index >= 15 is 0 Å². The van der Waals surface area contributed by atoms with Crippen LogP contribution in [0.2, 0.25) is 0 Å². The number of hydrogen-bond donors (Lipinski definition) is 1. The van der Waals surface area contributed by atoms with Gasteiger partial charge in [-0.2, -0.15) is 0 Å². The summed E-state index contributed by atoms with van der Waals surface area (Å²) in [5.41, 5.74) is 3.01. The fourth-order valence-electron chi connectivity index (χ4n) is 4.68. The van der Waals surface area contributed by atoms with Gasteiger partial charge < -0.3 is 10.2 Å². The normalized spacial score (nSPS) is 35.8. The fourth-order valence-corrected chi connectivity index (χ4v) is 4.68. The number of nitrogens with one attached hydrogen (secondary N) is 1. The lowest BCUT2D eigenvalue weighted by molar-refractivity contribution is 0.156. The zero-order valence-corrected chi connectivity index (χ0v) is 14.0. The predicted molar refractivity (Wildman–Crippen MR) is 90.9 cm³/mol. The molecule has 0 saturated heterocycles. The van der Waals surface area contributed by atoms with Crippen molar-refractivity contribution in [1.82, 2.24) is 5.32 Å². The van der Waals surface area contributed by atoms with Crippen molar-refractivity contribution in [2.75, 3.05) is 18.5 Å². The molecule has 116 valence electrons.